The van der Waals surface area contributed by atoms with Crippen LogP contribution >= 0.6 is 11.6 Å². The summed E-state index contributed by atoms with van der Waals surface area (Å²) in [6.45, 7) is 4.12. The molecule has 0 spiro atoms. The first kappa shape index (κ1) is 25.6. The lowest BCUT2D eigenvalue weighted by Gasteiger charge is -2.34. The highest BCUT2D eigenvalue weighted by molar-refractivity contribution is 6.30. The van der Waals surface area contributed by atoms with E-state index in [0.29, 0.717) is 11.3 Å². The van der Waals surface area contributed by atoms with Gasteiger partial charge in [0, 0.05) is 29.0 Å². The van der Waals surface area contributed by atoms with Crippen LogP contribution in [0.15, 0.2) is 60.6 Å². The fourth-order valence-corrected chi connectivity index (χ4v) is 6.18. The highest BCUT2D eigenvalue weighted by Crippen LogP contribution is 2.45. The molecule has 0 amide bonds. The number of nitrogens with zero attached hydrogens (tertiary/aromatic N) is 4. The topological polar surface area (TPSA) is 52.4 Å². The second-order valence-corrected chi connectivity index (χ2v) is 11.2. The first-order valence-electron chi connectivity index (χ1n) is 13.8. The van der Waals surface area contributed by atoms with Gasteiger partial charge in [0.05, 0.1) is 19.2 Å². The second kappa shape index (κ2) is 10.6. The summed E-state index contributed by atoms with van der Waals surface area (Å²) in [5, 5.41) is 0.262. The van der Waals surface area contributed by atoms with Gasteiger partial charge < -0.3 is 14.0 Å². The zero-order valence-corrected chi connectivity index (χ0v) is 22.7. The predicted molar refractivity (Wildman–Crippen MR) is 149 cm³/mol. The number of ether oxygens (including phenoxy) is 2. The maximum atomic E-state index is 15.0. The molecule has 2 aromatic heterocycles. The minimum atomic E-state index is -1.13. The fourth-order valence-electron chi connectivity index (χ4n) is 6.02. The van der Waals surface area contributed by atoms with E-state index in [-0.39, 0.29) is 22.6 Å². The Morgan fingerprint density at radius 2 is 1.85 bits per heavy atom. The normalized spacial score (nSPS) is 21.5. The van der Waals surface area contributed by atoms with Crippen molar-refractivity contribution in [2.45, 2.75) is 50.5 Å². The SMILES string of the molecule is FC1=Cc2cccc(C3CCN(Cc4nc5cccnc5n4C[C@@H]4CCO4)CC3)c2OC1c1ccc(Cl)cc1F. The Bertz CT molecular complexity index is 1590. The summed E-state index contributed by atoms with van der Waals surface area (Å²) in [4.78, 5) is 11.9. The molecule has 6 nitrogen and oxygen atoms in total. The van der Waals surface area contributed by atoms with Gasteiger partial charge in [0.2, 0.25) is 0 Å². The lowest BCUT2D eigenvalue weighted by Crippen LogP contribution is -2.35. The molecule has 0 N–H and O–H groups in total. The summed E-state index contributed by atoms with van der Waals surface area (Å²) in [7, 11) is 0. The van der Waals surface area contributed by atoms with Gasteiger partial charge in [-0.1, -0.05) is 35.9 Å². The largest absolute Gasteiger partial charge is 0.478 e. The molecule has 2 aromatic carbocycles. The predicted octanol–water partition coefficient (Wildman–Crippen LogP) is 6.84. The Hall–Kier alpha value is -3.33. The van der Waals surface area contributed by atoms with Crippen molar-refractivity contribution in [3.8, 4) is 5.75 Å². The molecule has 7 rings (SSSR count). The van der Waals surface area contributed by atoms with Crippen molar-refractivity contribution in [2.24, 2.45) is 0 Å². The molecular formula is C31H29ClF2N4O2. The molecule has 4 aromatic rings. The number of para-hydroxylation sites is 1. The van der Waals surface area contributed by atoms with Gasteiger partial charge in [-0.25, -0.2) is 18.7 Å². The van der Waals surface area contributed by atoms with Gasteiger partial charge in [-0.2, -0.15) is 0 Å². The highest BCUT2D eigenvalue weighted by Gasteiger charge is 2.32. The molecular weight excluding hydrogens is 534 g/mol. The van der Waals surface area contributed by atoms with Gasteiger partial charge in [-0.05, 0) is 74.2 Å². The van der Waals surface area contributed by atoms with Crippen molar-refractivity contribution in [2.75, 3.05) is 19.7 Å². The maximum Gasteiger partial charge on any atom is 0.178 e. The third kappa shape index (κ3) is 4.78. The summed E-state index contributed by atoms with van der Waals surface area (Å²) in [6, 6.07) is 14.0. The van der Waals surface area contributed by atoms with E-state index in [0.717, 1.165) is 74.6 Å². The van der Waals surface area contributed by atoms with Crippen LogP contribution in [-0.2, 0) is 17.8 Å². The molecule has 206 valence electrons. The highest BCUT2D eigenvalue weighted by atomic mass is 35.5. The van der Waals surface area contributed by atoms with E-state index < -0.39 is 17.7 Å². The third-order valence-corrected chi connectivity index (χ3v) is 8.49. The Balaban J connectivity index is 1.08. The van der Waals surface area contributed by atoms with Gasteiger partial charge in [0.1, 0.15) is 28.7 Å². The van der Waals surface area contributed by atoms with E-state index in [1.807, 2.05) is 30.5 Å². The molecule has 2 fully saturated rings. The number of likely N-dealkylation sites (tertiary alicyclic amines) is 1. The average Bonchev–Trinajstić information content (AvgIpc) is 3.27. The number of benzene rings is 2. The Morgan fingerprint density at radius 3 is 2.62 bits per heavy atom. The molecule has 0 radical (unpaired) electrons. The fraction of sp³-hybridized carbons (Fsp3) is 0.355. The monoisotopic (exact) mass is 562 g/mol. The van der Waals surface area contributed by atoms with Gasteiger partial charge in [-0.3, -0.25) is 4.90 Å². The summed E-state index contributed by atoms with van der Waals surface area (Å²) < 4.78 is 43.8. The van der Waals surface area contributed by atoms with Gasteiger partial charge in [0.25, 0.3) is 0 Å². The van der Waals surface area contributed by atoms with Gasteiger partial charge in [-0.15, -0.1) is 0 Å². The van der Waals surface area contributed by atoms with Gasteiger partial charge >= 0.3 is 0 Å². The first-order valence-corrected chi connectivity index (χ1v) is 14.2. The van der Waals surface area contributed by atoms with Crippen LogP contribution in [0.1, 0.15) is 53.8 Å². The molecule has 0 aliphatic carbocycles. The third-order valence-electron chi connectivity index (χ3n) is 8.26. The number of rotatable bonds is 6. The molecule has 9 heteroatoms. The minimum Gasteiger partial charge on any atom is -0.478 e. The van der Waals surface area contributed by atoms with E-state index in [4.69, 9.17) is 26.1 Å². The van der Waals surface area contributed by atoms with Crippen LogP contribution in [0.25, 0.3) is 17.2 Å². The second-order valence-electron chi connectivity index (χ2n) is 10.8. The minimum absolute atomic E-state index is 0.137. The molecule has 2 saturated heterocycles. The van der Waals surface area contributed by atoms with Crippen LogP contribution < -0.4 is 4.74 Å². The Morgan fingerprint density at radius 1 is 1.00 bits per heavy atom. The molecule has 3 aliphatic heterocycles. The first-order chi connectivity index (χ1) is 19.5. The number of fused-ring (bicyclic) bond motifs is 2. The number of hydrogen-bond donors (Lipinski definition) is 0. The summed E-state index contributed by atoms with van der Waals surface area (Å²) >= 11 is 5.92. The lowest BCUT2D eigenvalue weighted by molar-refractivity contribution is -0.0593. The van der Waals surface area contributed by atoms with E-state index in [1.54, 1.807) is 6.07 Å². The van der Waals surface area contributed by atoms with Crippen molar-refractivity contribution in [3.05, 3.63) is 93.9 Å². The zero-order chi connectivity index (χ0) is 27.2. The Kier molecular flexibility index (Phi) is 6.78. The van der Waals surface area contributed by atoms with Crippen LogP contribution in [-0.4, -0.2) is 45.2 Å². The number of pyridine rings is 1. The zero-order valence-electron chi connectivity index (χ0n) is 21.9. The number of halogens is 3. The quantitative estimate of drug-likeness (QED) is 0.258. The van der Waals surface area contributed by atoms with Crippen molar-refractivity contribution < 1.29 is 18.3 Å². The van der Waals surface area contributed by atoms with E-state index in [9.17, 15) is 4.39 Å². The van der Waals surface area contributed by atoms with Crippen molar-refractivity contribution in [3.63, 3.8) is 0 Å². The van der Waals surface area contributed by atoms with Crippen LogP contribution in [0.3, 0.4) is 0 Å². The average molecular weight is 563 g/mol. The van der Waals surface area contributed by atoms with E-state index in [1.165, 1.54) is 18.2 Å². The van der Waals surface area contributed by atoms with Crippen LogP contribution in [0.4, 0.5) is 8.78 Å². The number of piperidine rings is 1. The number of imidazole rings is 1. The summed E-state index contributed by atoms with van der Waals surface area (Å²) in [5.74, 6) is 0.790. The van der Waals surface area contributed by atoms with E-state index in [2.05, 4.69) is 20.5 Å². The molecule has 2 atom stereocenters. The van der Waals surface area contributed by atoms with Crippen molar-refractivity contribution >= 4 is 28.8 Å². The number of aromatic nitrogens is 3. The smallest absolute Gasteiger partial charge is 0.178 e. The molecule has 1 unspecified atom stereocenters. The van der Waals surface area contributed by atoms with Crippen LogP contribution in [0.5, 0.6) is 5.75 Å². The summed E-state index contributed by atoms with van der Waals surface area (Å²) in [6.07, 6.45) is 5.27. The molecule has 5 heterocycles. The molecule has 0 bridgehead atoms. The number of hydrogen-bond acceptors (Lipinski definition) is 5. The van der Waals surface area contributed by atoms with E-state index >= 15 is 4.39 Å². The molecule has 0 saturated carbocycles. The van der Waals surface area contributed by atoms with Crippen molar-refractivity contribution in [1.29, 1.82) is 0 Å². The van der Waals surface area contributed by atoms with Crippen molar-refractivity contribution in [1.82, 2.24) is 19.4 Å². The molecule has 40 heavy (non-hydrogen) atoms. The Labute approximate surface area is 236 Å². The van der Waals surface area contributed by atoms with Gasteiger partial charge in [0.15, 0.2) is 11.8 Å². The standard InChI is InChI=1S/C31H29ClF2N4O2/c32-21-6-7-24(25(33)16-21)30-26(34)15-20-3-1-4-23(29(20)40-30)19-8-12-37(13-9-19)18-28-36-27-5-2-11-35-31(27)38(28)17-22-10-14-39-22/h1-7,11,15-16,19,22,30H,8-10,12-14,17-18H2/t22-,30?/m0/s1. The maximum absolute atomic E-state index is 15.0. The summed E-state index contributed by atoms with van der Waals surface area (Å²) in [5.41, 5.74) is 3.68. The van der Waals surface area contributed by atoms with Crippen LogP contribution in [0, 0.1) is 5.82 Å². The lowest BCUT2D eigenvalue weighted by atomic mass is 9.87. The van der Waals surface area contributed by atoms with Crippen LogP contribution in [0.2, 0.25) is 5.02 Å². The molecule has 3 aliphatic rings.